The summed E-state index contributed by atoms with van der Waals surface area (Å²) in [6.45, 7) is 7.04. The highest BCUT2D eigenvalue weighted by Crippen LogP contribution is 2.22. The summed E-state index contributed by atoms with van der Waals surface area (Å²) in [5, 5.41) is 3.78. The molecule has 1 aliphatic heterocycles. The van der Waals surface area contributed by atoms with Gasteiger partial charge in [0, 0.05) is 27.8 Å². The number of nitrogens with one attached hydrogen (secondary N) is 1. The van der Waals surface area contributed by atoms with Crippen molar-refractivity contribution in [3.8, 4) is 5.75 Å². The summed E-state index contributed by atoms with van der Waals surface area (Å²) in [7, 11) is -0.741. The summed E-state index contributed by atoms with van der Waals surface area (Å²) < 4.78 is 17.7. The quantitative estimate of drug-likeness (QED) is 0.925. The standard InChI is InChI=1S/C15H23NO2S/c1-11(2)18-14-6-4-13(5-7-14)15-10-19(17)12(3)8-9-16-15/h4-7,11-12,15-16H,8-10H2,1-3H3. The summed E-state index contributed by atoms with van der Waals surface area (Å²) >= 11 is 0. The maximum Gasteiger partial charge on any atom is 0.119 e. The highest BCUT2D eigenvalue weighted by atomic mass is 32.2. The zero-order chi connectivity index (χ0) is 13.8. The van der Waals surface area contributed by atoms with Crippen molar-refractivity contribution in [3.05, 3.63) is 29.8 Å². The van der Waals surface area contributed by atoms with E-state index in [1.54, 1.807) is 0 Å². The Bertz CT molecular complexity index is 430. The van der Waals surface area contributed by atoms with Crippen molar-refractivity contribution in [3.63, 3.8) is 0 Å². The number of benzene rings is 1. The minimum absolute atomic E-state index is 0.190. The Morgan fingerprint density at radius 1 is 1.32 bits per heavy atom. The number of ether oxygens (including phenoxy) is 1. The lowest BCUT2D eigenvalue weighted by atomic mass is 10.1. The Hall–Kier alpha value is -0.870. The van der Waals surface area contributed by atoms with E-state index in [2.05, 4.69) is 24.4 Å². The van der Waals surface area contributed by atoms with Crippen LogP contribution in [0, 0.1) is 0 Å². The van der Waals surface area contributed by atoms with Crippen LogP contribution in [0.5, 0.6) is 5.75 Å². The van der Waals surface area contributed by atoms with E-state index in [9.17, 15) is 4.21 Å². The van der Waals surface area contributed by atoms with Gasteiger partial charge in [0.25, 0.3) is 0 Å². The van der Waals surface area contributed by atoms with Crippen molar-refractivity contribution in [1.29, 1.82) is 0 Å². The molecule has 1 fully saturated rings. The van der Waals surface area contributed by atoms with E-state index in [4.69, 9.17) is 4.74 Å². The fourth-order valence-corrected chi connectivity index (χ4v) is 3.59. The topological polar surface area (TPSA) is 38.3 Å². The second-order valence-corrected chi connectivity index (χ2v) is 7.29. The Kier molecular flexibility index (Phi) is 4.99. The smallest absolute Gasteiger partial charge is 0.119 e. The van der Waals surface area contributed by atoms with Crippen molar-refractivity contribution in [1.82, 2.24) is 5.32 Å². The first-order chi connectivity index (χ1) is 9.06. The van der Waals surface area contributed by atoms with Gasteiger partial charge in [-0.15, -0.1) is 0 Å². The summed E-state index contributed by atoms with van der Waals surface area (Å²) in [5.41, 5.74) is 1.19. The molecule has 1 heterocycles. The van der Waals surface area contributed by atoms with Gasteiger partial charge in [-0.2, -0.15) is 0 Å². The molecule has 1 N–H and O–H groups in total. The predicted molar refractivity (Wildman–Crippen MR) is 80.0 cm³/mol. The average molecular weight is 281 g/mol. The van der Waals surface area contributed by atoms with Crippen LogP contribution in [0.3, 0.4) is 0 Å². The van der Waals surface area contributed by atoms with Crippen LogP contribution in [0.15, 0.2) is 24.3 Å². The Balaban J connectivity index is 2.06. The molecule has 1 aromatic carbocycles. The van der Waals surface area contributed by atoms with Crippen LogP contribution in [0.2, 0.25) is 0 Å². The highest BCUT2D eigenvalue weighted by Gasteiger charge is 2.22. The Morgan fingerprint density at radius 2 is 2.00 bits per heavy atom. The summed E-state index contributed by atoms with van der Waals surface area (Å²) in [5.74, 6) is 1.59. The molecule has 106 valence electrons. The molecule has 3 unspecified atom stereocenters. The van der Waals surface area contributed by atoms with Crippen molar-refractivity contribution in [2.45, 2.75) is 44.6 Å². The molecule has 0 amide bonds. The third-order valence-corrected chi connectivity index (χ3v) is 5.17. The van der Waals surface area contributed by atoms with Gasteiger partial charge in [-0.1, -0.05) is 19.1 Å². The van der Waals surface area contributed by atoms with Gasteiger partial charge in [0.1, 0.15) is 5.75 Å². The third kappa shape index (κ3) is 4.05. The van der Waals surface area contributed by atoms with Crippen LogP contribution in [-0.4, -0.2) is 27.9 Å². The predicted octanol–water partition coefficient (Wildman–Crippen LogP) is 2.65. The molecule has 0 radical (unpaired) electrons. The monoisotopic (exact) mass is 281 g/mol. The van der Waals surface area contributed by atoms with Gasteiger partial charge in [-0.25, -0.2) is 0 Å². The van der Waals surface area contributed by atoms with Crippen molar-refractivity contribution in [2.75, 3.05) is 12.3 Å². The molecular weight excluding hydrogens is 258 g/mol. The first-order valence-corrected chi connectivity index (χ1v) is 8.31. The van der Waals surface area contributed by atoms with Crippen molar-refractivity contribution >= 4 is 10.8 Å². The molecule has 1 aromatic rings. The molecule has 0 aromatic heterocycles. The lowest BCUT2D eigenvalue weighted by Crippen LogP contribution is -2.23. The van der Waals surface area contributed by atoms with E-state index in [1.807, 2.05) is 26.0 Å². The maximum absolute atomic E-state index is 12.1. The van der Waals surface area contributed by atoms with Gasteiger partial charge in [0.2, 0.25) is 0 Å². The van der Waals surface area contributed by atoms with Gasteiger partial charge in [-0.05, 0) is 44.5 Å². The van der Waals surface area contributed by atoms with E-state index >= 15 is 0 Å². The van der Waals surface area contributed by atoms with Crippen LogP contribution in [-0.2, 0) is 10.8 Å². The first kappa shape index (κ1) is 14.5. The first-order valence-electron chi connectivity index (χ1n) is 6.93. The lowest BCUT2D eigenvalue weighted by Gasteiger charge is -2.17. The zero-order valence-electron chi connectivity index (χ0n) is 11.9. The second kappa shape index (κ2) is 6.53. The maximum atomic E-state index is 12.1. The van der Waals surface area contributed by atoms with Gasteiger partial charge in [0.05, 0.1) is 6.10 Å². The molecule has 3 atom stereocenters. The van der Waals surface area contributed by atoms with E-state index < -0.39 is 10.8 Å². The van der Waals surface area contributed by atoms with Crippen LogP contribution >= 0.6 is 0 Å². The fourth-order valence-electron chi connectivity index (χ4n) is 2.24. The van der Waals surface area contributed by atoms with E-state index in [-0.39, 0.29) is 12.1 Å². The van der Waals surface area contributed by atoms with Gasteiger partial charge < -0.3 is 10.1 Å². The molecule has 0 aliphatic carbocycles. The van der Waals surface area contributed by atoms with Gasteiger partial charge in [-0.3, -0.25) is 4.21 Å². The van der Waals surface area contributed by atoms with E-state index in [0.29, 0.717) is 11.0 Å². The summed E-state index contributed by atoms with van der Waals surface area (Å²) in [6.07, 6.45) is 1.17. The minimum atomic E-state index is -0.741. The molecule has 4 heteroatoms. The third-order valence-electron chi connectivity index (χ3n) is 3.38. The Labute approximate surface area is 118 Å². The van der Waals surface area contributed by atoms with Crippen LogP contribution < -0.4 is 10.1 Å². The molecule has 1 saturated heterocycles. The number of hydrogen-bond donors (Lipinski definition) is 1. The normalized spacial score (nSPS) is 28.1. The largest absolute Gasteiger partial charge is 0.491 e. The molecule has 19 heavy (non-hydrogen) atoms. The van der Waals surface area contributed by atoms with Gasteiger partial charge >= 0.3 is 0 Å². The van der Waals surface area contributed by atoms with Crippen molar-refractivity contribution < 1.29 is 8.95 Å². The van der Waals surface area contributed by atoms with E-state index in [0.717, 1.165) is 18.7 Å². The number of rotatable bonds is 3. The van der Waals surface area contributed by atoms with Gasteiger partial charge in [0.15, 0.2) is 0 Å². The minimum Gasteiger partial charge on any atom is -0.491 e. The average Bonchev–Trinajstić information content (AvgIpc) is 2.52. The molecule has 1 aliphatic rings. The molecular formula is C15H23NO2S. The molecule has 2 rings (SSSR count). The summed E-state index contributed by atoms with van der Waals surface area (Å²) in [6, 6.07) is 8.33. The highest BCUT2D eigenvalue weighted by molar-refractivity contribution is 7.85. The molecule has 0 bridgehead atoms. The van der Waals surface area contributed by atoms with Crippen LogP contribution in [0.25, 0.3) is 0 Å². The zero-order valence-corrected chi connectivity index (χ0v) is 12.7. The fraction of sp³-hybridized carbons (Fsp3) is 0.600. The lowest BCUT2D eigenvalue weighted by molar-refractivity contribution is 0.242. The van der Waals surface area contributed by atoms with Crippen LogP contribution in [0.1, 0.15) is 38.8 Å². The molecule has 3 nitrogen and oxygen atoms in total. The second-order valence-electron chi connectivity index (χ2n) is 5.39. The number of hydrogen-bond acceptors (Lipinski definition) is 3. The van der Waals surface area contributed by atoms with Crippen molar-refractivity contribution in [2.24, 2.45) is 0 Å². The SMILES string of the molecule is CC(C)Oc1ccc(C2CS(=O)C(C)CCN2)cc1. The molecule has 0 spiro atoms. The summed E-state index contributed by atoms with van der Waals surface area (Å²) in [4.78, 5) is 0. The van der Waals surface area contributed by atoms with Crippen LogP contribution in [0.4, 0.5) is 0 Å². The Morgan fingerprint density at radius 3 is 2.63 bits per heavy atom. The molecule has 0 saturated carbocycles. The van der Waals surface area contributed by atoms with E-state index in [1.165, 1.54) is 5.56 Å².